The maximum atomic E-state index is 13.2. The zero-order valence-corrected chi connectivity index (χ0v) is 19.7. The average Bonchev–Trinajstić information content (AvgIpc) is 2.74. The monoisotopic (exact) mass is 437 g/mol. The van der Waals surface area contributed by atoms with E-state index in [-0.39, 0.29) is 17.8 Å². The fourth-order valence-electron chi connectivity index (χ4n) is 3.34. The van der Waals surface area contributed by atoms with E-state index in [2.05, 4.69) is 15.8 Å². The van der Waals surface area contributed by atoms with E-state index >= 15 is 0 Å². The van der Waals surface area contributed by atoms with E-state index in [9.17, 15) is 9.59 Å². The number of hydrazine groups is 1. The topological polar surface area (TPSA) is 80.3 Å². The van der Waals surface area contributed by atoms with Gasteiger partial charge in [-0.25, -0.2) is 0 Å². The number of benzene rings is 1. The van der Waals surface area contributed by atoms with Crippen LogP contribution >= 0.6 is 0 Å². The molecular formula is C26H35N3O3. The van der Waals surface area contributed by atoms with Gasteiger partial charge < -0.3 is 4.74 Å². The van der Waals surface area contributed by atoms with Gasteiger partial charge in [0.2, 0.25) is 5.91 Å². The predicted octanol–water partition coefficient (Wildman–Crippen LogP) is 5.25. The summed E-state index contributed by atoms with van der Waals surface area (Å²) in [6, 6.07) is 13.2. The van der Waals surface area contributed by atoms with E-state index in [0.717, 1.165) is 11.3 Å². The van der Waals surface area contributed by atoms with E-state index in [4.69, 9.17) is 4.74 Å². The molecule has 1 heterocycles. The number of carbonyl (C=O) groups is 2. The Morgan fingerprint density at radius 1 is 1.06 bits per heavy atom. The van der Waals surface area contributed by atoms with Crippen molar-refractivity contribution in [2.75, 3.05) is 5.43 Å². The minimum absolute atomic E-state index is 0.229. The Balaban J connectivity index is 2.22. The molecular weight excluding hydrogens is 402 g/mol. The van der Waals surface area contributed by atoms with E-state index in [1.165, 1.54) is 0 Å². The number of allylic oxidation sites excluding steroid dienone is 1. The summed E-state index contributed by atoms with van der Waals surface area (Å²) in [5.74, 6) is -1.52. The van der Waals surface area contributed by atoms with Crippen molar-refractivity contribution in [1.82, 2.24) is 10.4 Å². The molecule has 1 aromatic heterocycles. The molecule has 2 atom stereocenters. The molecule has 0 aliphatic carbocycles. The number of aromatic nitrogens is 1. The molecule has 6 nitrogen and oxygen atoms in total. The lowest BCUT2D eigenvalue weighted by molar-refractivity contribution is -0.164. The number of nitrogens with one attached hydrogen (secondary N) is 2. The normalized spacial score (nSPS) is 13.6. The van der Waals surface area contributed by atoms with Gasteiger partial charge in [-0.2, -0.15) is 0 Å². The molecule has 0 aliphatic rings. The largest absolute Gasteiger partial charge is 0.460 e. The first-order chi connectivity index (χ1) is 15.2. The quantitative estimate of drug-likeness (QED) is 0.392. The molecule has 0 bridgehead atoms. The Bertz CT molecular complexity index is 874. The van der Waals surface area contributed by atoms with Gasteiger partial charge in [-0.3, -0.25) is 25.4 Å². The van der Waals surface area contributed by atoms with Gasteiger partial charge in [0.15, 0.2) is 0 Å². The molecule has 2 N–H and O–H groups in total. The number of amides is 1. The summed E-state index contributed by atoms with van der Waals surface area (Å²) in [4.78, 5) is 30.4. The third-order valence-corrected chi connectivity index (χ3v) is 4.75. The number of carbonyl (C=O) groups excluding carboxylic acids is 2. The summed E-state index contributed by atoms with van der Waals surface area (Å²) in [6.07, 6.45) is 8.24. The molecule has 0 saturated carbocycles. The maximum absolute atomic E-state index is 13.2. The van der Waals surface area contributed by atoms with Gasteiger partial charge in [-0.1, -0.05) is 50.3 Å². The molecule has 6 heteroatoms. The molecule has 172 valence electrons. The minimum Gasteiger partial charge on any atom is -0.460 e. The Hall–Kier alpha value is -3.15. The Kier molecular flexibility index (Phi) is 9.44. The van der Waals surface area contributed by atoms with E-state index in [0.29, 0.717) is 12.8 Å². The first-order valence-corrected chi connectivity index (χ1v) is 11.1. The summed E-state index contributed by atoms with van der Waals surface area (Å²) in [7, 11) is 0. The fourth-order valence-corrected chi connectivity index (χ4v) is 3.34. The average molecular weight is 438 g/mol. The molecule has 0 radical (unpaired) electrons. The second-order valence-corrected chi connectivity index (χ2v) is 9.28. The van der Waals surface area contributed by atoms with E-state index < -0.39 is 17.4 Å². The highest BCUT2D eigenvalue weighted by molar-refractivity contribution is 5.86. The molecule has 0 fully saturated rings. The van der Waals surface area contributed by atoms with Gasteiger partial charge in [0.25, 0.3) is 0 Å². The standard InChI is InChI=1S/C26H35N3O3/c1-19(2)17-23(24(30)29-28-21-13-7-6-8-14-21)22(25(31)32-26(3,4)5)15-9-11-20-12-10-16-27-18-20/h6-14,16,18-19,22-23,28H,15,17H2,1-5H3,(H,29,30)/t22-,23?/m1/s1. The van der Waals surface area contributed by atoms with Crippen molar-refractivity contribution < 1.29 is 14.3 Å². The van der Waals surface area contributed by atoms with Crippen LogP contribution < -0.4 is 10.9 Å². The smallest absolute Gasteiger partial charge is 0.310 e. The lowest BCUT2D eigenvalue weighted by atomic mass is 9.82. The SMILES string of the molecule is CC(C)CC(C(=O)NNc1ccccc1)[C@@H](CC=Cc1cccnc1)C(=O)OC(C)(C)C. The van der Waals surface area contributed by atoms with Gasteiger partial charge in [0.1, 0.15) is 5.60 Å². The van der Waals surface area contributed by atoms with Crippen molar-refractivity contribution in [3.05, 3.63) is 66.5 Å². The summed E-state index contributed by atoms with van der Waals surface area (Å²) < 4.78 is 5.69. The minimum atomic E-state index is -0.635. The molecule has 0 spiro atoms. The zero-order chi connectivity index (χ0) is 23.6. The second-order valence-electron chi connectivity index (χ2n) is 9.28. The van der Waals surface area contributed by atoms with Crippen molar-refractivity contribution in [2.24, 2.45) is 17.8 Å². The summed E-state index contributed by atoms with van der Waals surface area (Å²) in [5.41, 5.74) is 6.80. The number of hydrogen-bond acceptors (Lipinski definition) is 5. The first kappa shape index (κ1) is 25.1. The molecule has 2 rings (SSSR count). The number of ether oxygens (including phenoxy) is 1. The molecule has 0 saturated heterocycles. The van der Waals surface area contributed by atoms with Crippen LogP contribution in [0.15, 0.2) is 60.9 Å². The number of esters is 1. The number of para-hydroxylation sites is 1. The van der Waals surface area contributed by atoms with Crippen LogP contribution in [0.5, 0.6) is 0 Å². The van der Waals surface area contributed by atoms with E-state index in [1.54, 1.807) is 12.4 Å². The fraction of sp³-hybridized carbons (Fsp3) is 0.423. The van der Waals surface area contributed by atoms with Crippen molar-refractivity contribution in [2.45, 2.75) is 53.1 Å². The molecule has 32 heavy (non-hydrogen) atoms. The number of rotatable bonds is 10. The lowest BCUT2D eigenvalue weighted by Crippen LogP contribution is -2.42. The lowest BCUT2D eigenvalue weighted by Gasteiger charge is -2.29. The van der Waals surface area contributed by atoms with Crippen LogP contribution in [0.2, 0.25) is 0 Å². The highest BCUT2D eigenvalue weighted by atomic mass is 16.6. The number of anilines is 1. The molecule has 1 amide bonds. The van der Waals surface area contributed by atoms with Crippen LogP contribution in [0, 0.1) is 17.8 Å². The van der Waals surface area contributed by atoms with Crippen LogP contribution in [0.4, 0.5) is 5.69 Å². The van der Waals surface area contributed by atoms with Gasteiger partial charge >= 0.3 is 5.97 Å². The van der Waals surface area contributed by atoms with Crippen molar-refractivity contribution in [3.8, 4) is 0 Å². The van der Waals surface area contributed by atoms with Crippen LogP contribution in [0.25, 0.3) is 6.08 Å². The predicted molar refractivity (Wildman–Crippen MR) is 128 cm³/mol. The van der Waals surface area contributed by atoms with Gasteiger partial charge in [0, 0.05) is 12.4 Å². The first-order valence-electron chi connectivity index (χ1n) is 11.1. The third kappa shape index (κ3) is 8.92. The molecule has 1 unspecified atom stereocenters. The van der Waals surface area contributed by atoms with E-state index in [1.807, 2.05) is 89.2 Å². The second kappa shape index (κ2) is 12.0. The molecule has 2 aromatic rings. The van der Waals surface area contributed by atoms with Crippen molar-refractivity contribution in [1.29, 1.82) is 0 Å². The van der Waals surface area contributed by atoms with Crippen molar-refractivity contribution >= 4 is 23.6 Å². The number of pyridine rings is 1. The number of hydrogen-bond donors (Lipinski definition) is 2. The molecule has 0 aliphatic heterocycles. The Morgan fingerprint density at radius 2 is 1.78 bits per heavy atom. The Morgan fingerprint density at radius 3 is 2.38 bits per heavy atom. The summed E-state index contributed by atoms with van der Waals surface area (Å²) in [5, 5.41) is 0. The van der Waals surface area contributed by atoms with Crippen LogP contribution in [-0.2, 0) is 14.3 Å². The number of nitrogens with zero attached hydrogens (tertiary/aromatic N) is 1. The van der Waals surface area contributed by atoms with Gasteiger partial charge in [-0.05, 0) is 63.3 Å². The summed E-state index contributed by atoms with van der Waals surface area (Å²) in [6.45, 7) is 9.59. The highest BCUT2D eigenvalue weighted by Gasteiger charge is 2.36. The van der Waals surface area contributed by atoms with Crippen LogP contribution in [0.1, 0.15) is 53.0 Å². The van der Waals surface area contributed by atoms with Gasteiger partial charge in [-0.15, -0.1) is 0 Å². The maximum Gasteiger partial charge on any atom is 0.310 e. The van der Waals surface area contributed by atoms with Crippen LogP contribution in [0.3, 0.4) is 0 Å². The highest BCUT2D eigenvalue weighted by Crippen LogP contribution is 2.28. The molecule has 1 aromatic carbocycles. The third-order valence-electron chi connectivity index (χ3n) is 4.75. The van der Waals surface area contributed by atoms with Gasteiger partial charge in [0.05, 0.1) is 17.5 Å². The Labute approximate surface area is 191 Å². The zero-order valence-electron chi connectivity index (χ0n) is 19.7. The van der Waals surface area contributed by atoms with Crippen LogP contribution in [-0.4, -0.2) is 22.5 Å². The van der Waals surface area contributed by atoms with Crippen molar-refractivity contribution in [3.63, 3.8) is 0 Å². The summed E-state index contributed by atoms with van der Waals surface area (Å²) >= 11 is 0.